The Labute approximate surface area is 117 Å². The third-order valence-electron chi connectivity index (χ3n) is 3.37. The minimum absolute atomic E-state index is 0.267. The van der Waals surface area contributed by atoms with E-state index < -0.39 is 0 Å². The standard InChI is InChI=1S/C16H14FN3/c1-10-8-12(9-18)16(19-14-6-7-14)20-15(10)11-2-4-13(17)5-3-11/h2-5,8,14H,6-7H2,1H3,(H,19,20). The number of rotatable bonds is 3. The van der Waals surface area contributed by atoms with Crippen molar-refractivity contribution in [3.8, 4) is 17.3 Å². The lowest BCUT2D eigenvalue weighted by molar-refractivity contribution is 0.628. The van der Waals surface area contributed by atoms with Gasteiger partial charge < -0.3 is 5.32 Å². The van der Waals surface area contributed by atoms with Crippen LogP contribution in [0.2, 0.25) is 0 Å². The number of anilines is 1. The molecule has 0 amide bonds. The molecule has 1 N–H and O–H groups in total. The molecule has 4 heteroatoms. The lowest BCUT2D eigenvalue weighted by Gasteiger charge is -2.11. The summed E-state index contributed by atoms with van der Waals surface area (Å²) in [6.45, 7) is 1.91. The number of nitrogens with zero attached hydrogens (tertiary/aromatic N) is 2. The summed E-state index contributed by atoms with van der Waals surface area (Å²) in [5, 5.41) is 12.5. The zero-order valence-electron chi connectivity index (χ0n) is 11.2. The minimum Gasteiger partial charge on any atom is -0.366 e. The molecule has 0 atom stereocenters. The molecule has 0 aliphatic heterocycles. The molecule has 1 aliphatic rings. The molecular weight excluding hydrogens is 253 g/mol. The summed E-state index contributed by atoms with van der Waals surface area (Å²) < 4.78 is 13.0. The van der Waals surface area contributed by atoms with Gasteiger partial charge in [0.1, 0.15) is 17.7 Å². The second-order valence-corrected chi connectivity index (χ2v) is 5.09. The SMILES string of the molecule is Cc1cc(C#N)c(NC2CC2)nc1-c1ccc(F)cc1. The smallest absolute Gasteiger partial charge is 0.144 e. The van der Waals surface area contributed by atoms with Crippen LogP contribution in [0.5, 0.6) is 0 Å². The Balaban J connectivity index is 2.05. The minimum atomic E-state index is -0.267. The number of halogens is 1. The maximum Gasteiger partial charge on any atom is 0.144 e. The van der Waals surface area contributed by atoms with Gasteiger partial charge in [0.25, 0.3) is 0 Å². The third-order valence-corrected chi connectivity index (χ3v) is 3.37. The van der Waals surface area contributed by atoms with Crippen LogP contribution in [0.4, 0.5) is 10.2 Å². The van der Waals surface area contributed by atoms with Crippen molar-refractivity contribution in [2.45, 2.75) is 25.8 Å². The monoisotopic (exact) mass is 267 g/mol. The van der Waals surface area contributed by atoms with Crippen LogP contribution >= 0.6 is 0 Å². The number of benzene rings is 1. The van der Waals surface area contributed by atoms with Gasteiger partial charge in [-0.25, -0.2) is 9.37 Å². The fourth-order valence-corrected chi connectivity index (χ4v) is 2.13. The molecule has 0 spiro atoms. The average Bonchev–Trinajstić information content (AvgIpc) is 3.25. The van der Waals surface area contributed by atoms with Crippen LogP contribution < -0.4 is 5.32 Å². The number of aryl methyl sites for hydroxylation is 1. The van der Waals surface area contributed by atoms with Crippen molar-refractivity contribution < 1.29 is 4.39 Å². The predicted molar refractivity (Wildman–Crippen MR) is 75.7 cm³/mol. The molecule has 1 aromatic heterocycles. The molecule has 2 aromatic rings. The molecule has 0 bridgehead atoms. The molecule has 1 aromatic carbocycles. The molecule has 1 saturated carbocycles. The number of nitriles is 1. The van der Waals surface area contributed by atoms with Gasteiger partial charge in [0.05, 0.1) is 11.3 Å². The van der Waals surface area contributed by atoms with E-state index in [4.69, 9.17) is 0 Å². The topological polar surface area (TPSA) is 48.7 Å². The molecule has 1 heterocycles. The highest BCUT2D eigenvalue weighted by Gasteiger charge is 2.23. The highest BCUT2D eigenvalue weighted by molar-refractivity contribution is 5.68. The van der Waals surface area contributed by atoms with Gasteiger partial charge >= 0.3 is 0 Å². The summed E-state index contributed by atoms with van der Waals surface area (Å²) in [6, 6.07) is 10.7. The van der Waals surface area contributed by atoms with Crippen LogP contribution in [0.1, 0.15) is 24.0 Å². The predicted octanol–water partition coefficient (Wildman–Crippen LogP) is 3.64. The van der Waals surface area contributed by atoms with Gasteiger partial charge in [-0.3, -0.25) is 0 Å². The van der Waals surface area contributed by atoms with Crippen molar-refractivity contribution >= 4 is 5.82 Å². The Kier molecular flexibility index (Phi) is 3.11. The van der Waals surface area contributed by atoms with Gasteiger partial charge in [-0.1, -0.05) is 0 Å². The van der Waals surface area contributed by atoms with Gasteiger partial charge in [-0.15, -0.1) is 0 Å². The summed E-state index contributed by atoms with van der Waals surface area (Å²) in [6.07, 6.45) is 2.23. The normalized spacial score (nSPS) is 13.8. The van der Waals surface area contributed by atoms with E-state index in [9.17, 15) is 9.65 Å². The van der Waals surface area contributed by atoms with Gasteiger partial charge in [0, 0.05) is 11.6 Å². The van der Waals surface area contributed by atoms with E-state index in [0.717, 1.165) is 29.7 Å². The Hall–Kier alpha value is -2.41. The number of nitrogens with one attached hydrogen (secondary N) is 1. The van der Waals surface area contributed by atoms with Crippen LogP contribution in [-0.4, -0.2) is 11.0 Å². The largest absolute Gasteiger partial charge is 0.366 e. The lowest BCUT2D eigenvalue weighted by Crippen LogP contribution is -2.06. The summed E-state index contributed by atoms with van der Waals surface area (Å²) in [4.78, 5) is 4.57. The third kappa shape index (κ3) is 2.48. The van der Waals surface area contributed by atoms with E-state index in [0.29, 0.717) is 17.4 Å². The highest BCUT2D eigenvalue weighted by atomic mass is 19.1. The first-order chi connectivity index (χ1) is 9.67. The fourth-order valence-electron chi connectivity index (χ4n) is 2.13. The van der Waals surface area contributed by atoms with Crippen molar-refractivity contribution in [2.75, 3.05) is 5.32 Å². The van der Waals surface area contributed by atoms with Crippen molar-refractivity contribution in [3.63, 3.8) is 0 Å². The average molecular weight is 267 g/mol. The molecule has 3 nitrogen and oxygen atoms in total. The van der Waals surface area contributed by atoms with Crippen LogP contribution in [0, 0.1) is 24.1 Å². The second kappa shape index (κ2) is 4.93. The van der Waals surface area contributed by atoms with Gasteiger partial charge in [-0.05, 0) is 55.7 Å². The van der Waals surface area contributed by atoms with Crippen molar-refractivity contribution in [2.24, 2.45) is 0 Å². The highest BCUT2D eigenvalue weighted by Crippen LogP contribution is 2.29. The molecule has 3 rings (SSSR count). The van der Waals surface area contributed by atoms with Crippen molar-refractivity contribution in [3.05, 3.63) is 47.3 Å². The fraction of sp³-hybridized carbons (Fsp3) is 0.250. The maximum absolute atomic E-state index is 13.0. The Morgan fingerprint density at radius 3 is 2.60 bits per heavy atom. The van der Waals surface area contributed by atoms with E-state index in [1.807, 2.05) is 13.0 Å². The van der Waals surface area contributed by atoms with E-state index in [1.165, 1.54) is 12.1 Å². The van der Waals surface area contributed by atoms with Crippen molar-refractivity contribution in [1.29, 1.82) is 5.26 Å². The van der Waals surface area contributed by atoms with Gasteiger partial charge in [-0.2, -0.15) is 5.26 Å². The first-order valence-electron chi connectivity index (χ1n) is 6.61. The molecule has 1 fully saturated rings. The Morgan fingerprint density at radius 1 is 1.30 bits per heavy atom. The summed E-state index contributed by atoms with van der Waals surface area (Å²) in [5.41, 5.74) is 3.11. The number of hydrogen-bond acceptors (Lipinski definition) is 3. The summed E-state index contributed by atoms with van der Waals surface area (Å²) in [5.74, 6) is 0.358. The van der Waals surface area contributed by atoms with Crippen molar-refractivity contribution in [1.82, 2.24) is 4.98 Å². The maximum atomic E-state index is 13.0. The molecule has 20 heavy (non-hydrogen) atoms. The quantitative estimate of drug-likeness (QED) is 0.923. The molecule has 1 aliphatic carbocycles. The number of aromatic nitrogens is 1. The molecule has 0 saturated heterocycles. The van der Waals surface area contributed by atoms with Gasteiger partial charge in [0.15, 0.2) is 0 Å². The van der Waals surface area contributed by atoms with E-state index in [1.54, 1.807) is 12.1 Å². The first-order valence-corrected chi connectivity index (χ1v) is 6.61. The summed E-state index contributed by atoms with van der Waals surface area (Å²) in [7, 11) is 0. The van der Waals surface area contributed by atoms with Crippen LogP contribution in [0.25, 0.3) is 11.3 Å². The van der Waals surface area contributed by atoms with Crippen LogP contribution in [-0.2, 0) is 0 Å². The lowest BCUT2D eigenvalue weighted by atomic mass is 10.0. The van der Waals surface area contributed by atoms with Crippen LogP contribution in [0.15, 0.2) is 30.3 Å². The Morgan fingerprint density at radius 2 is 2.00 bits per heavy atom. The summed E-state index contributed by atoms with van der Waals surface area (Å²) >= 11 is 0. The zero-order chi connectivity index (χ0) is 14.1. The van der Waals surface area contributed by atoms with Crippen LogP contribution in [0.3, 0.4) is 0 Å². The zero-order valence-corrected chi connectivity index (χ0v) is 11.2. The number of pyridine rings is 1. The second-order valence-electron chi connectivity index (χ2n) is 5.09. The van der Waals surface area contributed by atoms with E-state index >= 15 is 0 Å². The first kappa shape index (κ1) is 12.6. The molecule has 100 valence electrons. The molecular formula is C16H14FN3. The number of hydrogen-bond donors (Lipinski definition) is 1. The van der Waals surface area contributed by atoms with E-state index in [2.05, 4.69) is 16.4 Å². The van der Waals surface area contributed by atoms with Gasteiger partial charge in [0.2, 0.25) is 0 Å². The Bertz CT molecular complexity index is 682. The molecule has 0 unspecified atom stereocenters. The molecule has 0 radical (unpaired) electrons. The van der Waals surface area contributed by atoms with E-state index in [-0.39, 0.29) is 5.82 Å².